The van der Waals surface area contributed by atoms with Crippen molar-refractivity contribution in [2.45, 2.75) is 38.7 Å². The SMILES string of the molecule is Cc1ccc(OC2CCN(C(=O)[C@@H]3CCC(=O)N(CCN4CCOCC4)C3)CC2)cc1. The molecule has 3 aliphatic rings. The molecule has 170 valence electrons. The monoisotopic (exact) mass is 429 g/mol. The smallest absolute Gasteiger partial charge is 0.227 e. The number of carbonyl (C=O) groups excluding carboxylic acids is 2. The van der Waals surface area contributed by atoms with Gasteiger partial charge in [0.05, 0.1) is 19.1 Å². The molecule has 0 aliphatic carbocycles. The van der Waals surface area contributed by atoms with Crippen molar-refractivity contribution < 1.29 is 19.1 Å². The molecule has 0 N–H and O–H groups in total. The molecular formula is C24H35N3O4. The summed E-state index contributed by atoms with van der Waals surface area (Å²) in [4.78, 5) is 31.7. The topological polar surface area (TPSA) is 62.3 Å². The van der Waals surface area contributed by atoms with E-state index >= 15 is 0 Å². The molecule has 0 radical (unpaired) electrons. The normalized spacial score (nSPS) is 23.8. The number of likely N-dealkylation sites (tertiary alicyclic amines) is 2. The van der Waals surface area contributed by atoms with Gasteiger partial charge in [-0.15, -0.1) is 0 Å². The highest BCUT2D eigenvalue weighted by molar-refractivity contribution is 5.84. The third kappa shape index (κ3) is 5.98. The molecule has 1 aromatic carbocycles. The van der Waals surface area contributed by atoms with Crippen molar-refractivity contribution in [2.24, 2.45) is 5.92 Å². The molecule has 0 aromatic heterocycles. The van der Waals surface area contributed by atoms with Gasteiger partial charge >= 0.3 is 0 Å². The van der Waals surface area contributed by atoms with E-state index in [1.165, 1.54) is 5.56 Å². The fourth-order valence-corrected chi connectivity index (χ4v) is 4.68. The average molecular weight is 430 g/mol. The molecule has 1 atom stereocenters. The number of hydrogen-bond acceptors (Lipinski definition) is 5. The molecule has 4 rings (SSSR count). The summed E-state index contributed by atoms with van der Waals surface area (Å²) in [5.74, 6) is 1.22. The molecule has 3 fully saturated rings. The number of rotatable bonds is 6. The minimum atomic E-state index is -0.0723. The van der Waals surface area contributed by atoms with Gasteiger partial charge in [-0.1, -0.05) is 17.7 Å². The fraction of sp³-hybridized carbons (Fsp3) is 0.667. The third-order valence-corrected chi connectivity index (χ3v) is 6.72. The van der Waals surface area contributed by atoms with Gasteiger partial charge in [0.2, 0.25) is 11.8 Å². The average Bonchev–Trinajstić information content (AvgIpc) is 2.81. The summed E-state index contributed by atoms with van der Waals surface area (Å²) in [5, 5.41) is 0. The molecule has 7 heteroatoms. The van der Waals surface area contributed by atoms with Gasteiger partial charge in [0.1, 0.15) is 11.9 Å². The van der Waals surface area contributed by atoms with Crippen molar-refractivity contribution in [3.8, 4) is 5.75 Å². The number of hydrogen-bond donors (Lipinski definition) is 0. The maximum Gasteiger partial charge on any atom is 0.227 e. The highest BCUT2D eigenvalue weighted by Crippen LogP contribution is 2.24. The highest BCUT2D eigenvalue weighted by Gasteiger charge is 2.34. The zero-order valence-corrected chi connectivity index (χ0v) is 18.6. The van der Waals surface area contributed by atoms with E-state index in [-0.39, 0.29) is 23.8 Å². The fourth-order valence-electron chi connectivity index (χ4n) is 4.68. The van der Waals surface area contributed by atoms with Gasteiger partial charge in [0.15, 0.2) is 0 Å². The van der Waals surface area contributed by atoms with Crippen molar-refractivity contribution in [1.29, 1.82) is 0 Å². The number of ether oxygens (including phenoxy) is 2. The molecule has 31 heavy (non-hydrogen) atoms. The second-order valence-electron chi connectivity index (χ2n) is 8.98. The summed E-state index contributed by atoms with van der Waals surface area (Å²) in [7, 11) is 0. The van der Waals surface area contributed by atoms with Gasteiger partial charge < -0.3 is 19.3 Å². The van der Waals surface area contributed by atoms with Gasteiger partial charge in [-0.25, -0.2) is 0 Å². The largest absolute Gasteiger partial charge is 0.490 e. The van der Waals surface area contributed by atoms with Crippen molar-refractivity contribution in [3.63, 3.8) is 0 Å². The Balaban J connectivity index is 1.23. The van der Waals surface area contributed by atoms with Gasteiger partial charge in [-0.2, -0.15) is 0 Å². The van der Waals surface area contributed by atoms with Crippen LogP contribution in [0.3, 0.4) is 0 Å². The highest BCUT2D eigenvalue weighted by atomic mass is 16.5. The maximum absolute atomic E-state index is 13.1. The predicted molar refractivity (Wildman–Crippen MR) is 118 cm³/mol. The van der Waals surface area contributed by atoms with E-state index < -0.39 is 0 Å². The van der Waals surface area contributed by atoms with Crippen LogP contribution in [0.1, 0.15) is 31.2 Å². The second-order valence-corrected chi connectivity index (χ2v) is 8.98. The molecule has 1 aromatic rings. The Kier molecular flexibility index (Phi) is 7.45. The van der Waals surface area contributed by atoms with Crippen LogP contribution in [0.25, 0.3) is 0 Å². The van der Waals surface area contributed by atoms with Crippen LogP contribution in [-0.2, 0) is 14.3 Å². The minimum Gasteiger partial charge on any atom is -0.490 e. The lowest BCUT2D eigenvalue weighted by atomic mass is 9.94. The minimum absolute atomic E-state index is 0.0723. The van der Waals surface area contributed by atoms with Gasteiger partial charge in [-0.05, 0) is 25.5 Å². The predicted octanol–water partition coefficient (Wildman–Crippen LogP) is 1.94. The number of piperidine rings is 2. The first-order valence-corrected chi connectivity index (χ1v) is 11.7. The molecule has 0 spiro atoms. The third-order valence-electron chi connectivity index (χ3n) is 6.72. The number of nitrogens with zero attached hydrogens (tertiary/aromatic N) is 3. The second kappa shape index (κ2) is 10.5. The molecule has 3 heterocycles. The van der Waals surface area contributed by atoms with Crippen LogP contribution in [0, 0.1) is 12.8 Å². The Morgan fingerprint density at radius 1 is 1.03 bits per heavy atom. The molecule has 7 nitrogen and oxygen atoms in total. The zero-order valence-electron chi connectivity index (χ0n) is 18.6. The zero-order chi connectivity index (χ0) is 21.6. The summed E-state index contributed by atoms with van der Waals surface area (Å²) in [5.41, 5.74) is 1.22. The van der Waals surface area contributed by atoms with E-state index in [9.17, 15) is 9.59 Å². The summed E-state index contributed by atoms with van der Waals surface area (Å²) in [6.45, 7) is 9.01. The van der Waals surface area contributed by atoms with Crippen LogP contribution in [-0.4, -0.2) is 91.6 Å². The number of benzene rings is 1. The van der Waals surface area contributed by atoms with Crippen LogP contribution < -0.4 is 4.74 Å². The van der Waals surface area contributed by atoms with Crippen LogP contribution in [0.15, 0.2) is 24.3 Å². The number of morpholine rings is 1. The Morgan fingerprint density at radius 3 is 2.45 bits per heavy atom. The van der Waals surface area contributed by atoms with Crippen LogP contribution >= 0.6 is 0 Å². The quantitative estimate of drug-likeness (QED) is 0.692. The molecule has 3 saturated heterocycles. The van der Waals surface area contributed by atoms with E-state index in [2.05, 4.69) is 24.0 Å². The Labute approximate surface area is 185 Å². The van der Waals surface area contributed by atoms with E-state index in [0.717, 1.165) is 64.5 Å². The molecule has 0 saturated carbocycles. The van der Waals surface area contributed by atoms with E-state index in [1.54, 1.807) is 0 Å². The van der Waals surface area contributed by atoms with E-state index in [0.29, 0.717) is 25.9 Å². The summed E-state index contributed by atoms with van der Waals surface area (Å²) in [6, 6.07) is 8.14. The first kappa shape index (κ1) is 22.1. The molecule has 2 amide bonds. The lowest BCUT2D eigenvalue weighted by Crippen LogP contribution is -2.51. The molecule has 0 unspecified atom stereocenters. The maximum atomic E-state index is 13.1. The molecule has 0 bridgehead atoms. The molecule has 3 aliphatic heterocycles. The summed E-state index contributed by atoms with van der Waals surface area (Å²) in [6.07, 6.45) is 3.01. The van der Waals surface area contributed by atoms with Crippen LogP contribution in [0.2, 0.25) is 0 Å². The first-order valence-electron chi connectivity index (χ1n) is 11.7. The van der Waals surface area contributed by atoms with Crippen LogP contribution in [0.4, 0.5) is 0 Å². The molecular weight excluding hydrogens is 394 g/mol. The van der Waals surface area contributed by atoms with E-state index in [4.69, 9.17) is 9.47 Å². The summed E-state index contributed by atoms with van der Waals surface area (Å²) >= 11 is 0. The Bertz CT molecular complexity index is 740. The van der Waals surface area contributed by atoms with Crippen molar-refractivity contribution in [2.75, 3.05) is 59.0 Å². The van der Waals surface area contributed by atoms with Gasteiger partial charge in [0, 0.05) is 65.1 Å². The van der Waals surface area contributed by atoms with Crippen molar-refractivity contribution in [1.82, 2.24) is 14.7 Å². The number of aryl methyl sites for hydroxylation is 1. The van der Waals surface area contributed by atoms with Crippen molar-refractivity contribution in [3.05, 3.63) is 29.8 Å². The number of carbonyl (C=O) groups is 2. The Hall–Kier alpha value is -2.12. The first-order chi connectivity index (χ1) is 15.1. The lowest BCUT2D eigenvalue weighted by Gasteiger charge is -2.38. The van der Waals surface area contributed by atoms with E-state index in [1.807, 2.05) is 21.9 Å². The summed E-state index contributed by atoms with van der Waals surface area (Å²) < 4.78 is 11.5. The standard InChI is InChI=1S/C24H35N3O4/c1-19-2-5-21(6-3-19)31-22-8-10-26(11-9-22)24(29)20-4-7-23(28)27(18-20)13-12-25-14-16-30-17-15-25/h2-3,5-6,20,22H,4,7-18H2,1H3/t20-/m1/s1. The van der Waals surface area contributed by atoms with Gasteiger partial charge in [0.25, 0.3) is 0 Å². The van der Waals surface area contributed by atoms with Crippen molar-refractivity contribution >= 4 is 11.8 Å². The Morgan fingerprint density at radius 2 is 1.74 bits per heavy atom. The van der Waals surface area contributed by atoms with Crippen LogP contribution in [0.5, 0.6) is 5.75 Å². The number of amides is 2. The van der Waals surface area contributed by atoms with Gasteiger partial charge in [-0.3, -0.25) is 14.5 Å². The lowest BCUT2D eigenvalue weighted by molar-refractivity contribution is -0.144.